The highest BCUT2D eigenvalue weighted by Crippen LogP contribution is 2.31. The van der Waals surface area contributed by atoms with Gasteiger partial charge in [-0.05, 0) is 36.9 Å². The van der Waals surface area contributed by atoms with Crippen molar-refractivity contribution >= 4 is 12.6 Å². The Hall–Kier alpha value is -2.86. The van der Waals surface area contributed by atoms with Gasteiger partial charge in [-0.15, -0.1) is 0 Å². The Morgan fingerprint density at radius 2 is 1.74 bits per heavy atom. The number of aryl methyl sites for hydroxylation is 1. The summed E-state index contributed by atoms with van der Waals surface area (Å²) in [4.78, 5) is 8.93. The lowest BCUT2D eigenvalue weighted by Gasteiger charge is -2.14. The molecule has 0 aliphatic heterocycles. The zero-order chi connectivity index (χ0) is 20.1. The molecular formula is C21H28N2O4. The van der Waals surface area contributed by atoms with Crippen LogP contribution in [0.1, 0.15) is 30.5 Å². The number of hydrogen-bond donors (Lipinski definition) is 0. The van der Waals surface area contributed by atoms with E-state index in [4.69, 9.17) is 19.0 Å². The lowest BCUT2D eigenvalue weighted by atomic mass is 10.1. The summed E-state index contributed by atoms with van der Waals surface area (Å²) in [7, 11) is 3.10. The van der Waals surface area contributed by atoms with Crippen LogP contribution in [-0.2, 0) is 16.2 Å². The summed E-state index contributed by atoms with van der Waals surface area (Å²) in [5.41, 5.74) is 2.74. The highest BCUT2D eigenvalue weighted by Gasteiger charge is 2.14. The summed E-state index contributed by atoms with van der Waals surface area (Å²) in [6.07, 6.45) is 0. The number of benzene rings is 2. The van der Waals surface area contributed by atoms with Crippen molar-refractivity contribution in [2.45, 2.75) is 27.4 Å². The third-order valence-corrected chi connectivity index (χ3v) is 3.46. The van der Waals surface area contributed by atoms with Crippen molar-refractivity contribution in [3.8, 4) is 11.5 Å². The molecule has 0 aliphatic carbocycles. The van der Waals surface area contributed by atoms with Crippen LogP contribution in [0.25, 0.3) is 0 Å². The Morgan fingerprint density at radius 3 is 2.33 bits per heavy atom. The fourth-order valence-electron chi connectivity index (χ4n) is 2.21. The number of hydrogen-bond acceptors (Lipinski definition) is 5. The molecule has 0 radical (unpaired) electrons. The lowest BCUT2D eigenvalue weighted by molar-refractivity contribution is -0.0282. The van der Waals surface area contributed by atoms with Gasteiger partial charge in [-0.3, -0.25) is 0 Å². The smallest absolute Gasteiger partial charge is 0.216 e. The number of amidine groups is 1. The summed E-state index contributed by atoms with van der Waals surface area (Å²) in [5, 5.41) is 3.93. The molecule has 0 N–H and O–H groups in total. The monoisotopic (exact) mass is 372 g/mol. The molecule has 146 valence electrons. The zero-order valence-corrected chi connectivity index (χ0v) is 16.7. The molecule has 0 aromatic heterocycles. The molecular weight excluding hydrogens is 344 g/mol. The molecule has 0 atom stereocenters. The van der Waals surface area contributed by atoms with Crippen LogP contribution in [0.15, 0.2) is 52.6 Å². The summed E-state index contributed by atoms with van der Waals surface area (Å²) in [6, 6.07) is 13.6. The molecule has 0 heterocycles. The van der Waals surface area contributed by atoms with Crippen molar-refractivity contribution < 1.29 is 19.0 Å². The van der Waals surface area contributed by atoms with E-state index in [9.17, 15) is 0 Å². The Morgan fingerprint density at radius 1 is 1.04 bits per heavy atom. The van der Waals surface area contributed by atoms with E-state index in [1.54, 1.807) is 13.2 Å². The Bertz CT molecular complexity index is 730. The van der Waals surface area contributed by atoms with Gasteiger partial charge in [0.2, 0.25) is 6.79 Å². The van der Waals surface area contributed by atoms with E-state index in [2.05, 4.69) is 16.9 Å². The maximum atomic E-state index is 5.90. The van der Waals surface area contributed by atoms with Crippen molar-refractivity contribution in [2.75, 3.05) is 21.0 Å². The van der Waals surface area contributed by atoms with Crippen LogP contribution in [0.2, 0.25) is 0 Å². The van der Waals surface area contributed by atoms with E-state index in [1.807, 2.05) is 57.2 Å². The van der Waals surface area contributed by atoms with E-state index in [0.717, 1.165) is 16.7 Å². The predicted octanol–water partition coefficient (Wildman–Crippen LogP) is 4.59. The summed E-state index contributed by atoms with van der Waals surface area (Å²) in [5.74, 6) is 1.58. The zero-order valence-electron chi connectivity index (χ0n) is 16.7. The number of aliphatic imine (C=N–C) groups is 1. The van der Waals surface area contributed by atoms with Crippen molar-refractivity contribution in [1.29, 1.82) is 0 Å². The first-order valence-corrected chi connectivity index (χ1v) is 8.71. The van der Waals surface area contributed by atoms with E-state index in [1.165, 1.54) is 7.11 Å². The van der Waals surface area contributed by atoms with E-state index in [-0.39, 0.29) is 6.79 Å². The summed E-state index contributed by atoms with van der Waals surface area (Å²) < 4.78 is 16.1. The molecule has 27 heavy (non-hydrogen) atoms. The van der Waals surface area contributed by atoms with Gasteiger partial charge in [0.25, 0.3) is 0 Å². The molecule has 2 aromatic carbocycles. The number of methoxy groups -OCH3 is 2. The van der Waals surface area contributed by atoms with Gasteiger partial charge in [0.1, 0.15) is 6.61 Å². The molecule has 0 amide bonds. The first-order valence-electron chi connectivity index (χ1n) is 8.71. The second-order valence-electron chi connectivity index (χ2n) is 5.20. The SMILES string of the molecule is C=N/C(=N\OCOC)c1cc(OC)c(OCc2ccccc2)cc1C.CC. The highest BCUT2D eigenvalue weighted by molar-refractivity contribution is 6.02. The molecule has 0 spiro atoms. The van der Waals surface area contributed by atoms with Crippen LogP contribution in [0, 0.1) is 6.92 Å². The summed E-state index contributed by atoms with van der Waals surface area (Å²) >= 11 is 0. The fourth-order valence-corrected chi connectivity index (χ4v) is 2.21. The molecule has 0 saturated carbocycles. The predicted molar refractivity (Wildman–Crippen MR) is 109 cm³/mol. The second kappa shape index (κ2) is 12.5. The van der Waals surface area contributed by atoms with Gasteiger partial charge in [0.05, 0.1) is 7.11 Å². The molecule has 2 rings (SSSR count). The average molecular weight is 372 g/mol. The Labute approximate surface area is 161 Å². The molecule has 0 aliphatic rings. The minimum absolute atomic E-state index is 0.0352. The van der Waals surface area contributed by atoms with Gasteiger partial charge in [0.15, 0.2) is 17.3 Å². The van der Waals surface area contributed by atoms with Gasteiger partial charge in [0, 0.05) is 12.7 Å². The first-order chi connectivity index (χ1) is 13.2. The highest BCUT2D eigenvalue weighted by atomic mass is 16.7. The second-order valence-corrected chi connectivity index (χ2v) is 5.20. The van der Waals surface area contributed by atoms with E-state index in [0.29, 0.717) is 23.9 Å². The minimum Gasteiger partial charge on any atom is -0.493 e. The minimum atomic E-state index is 0.0352. The molecule has 6 heteroatoms. The molecule has 0 fully saturated rings. The standard InChI is InChI=1S/C19H22N2O4.C2H6/c1-14-10-18(24-12-15-8-6-5-7-9-15)17(23-4)11-16(14)19(20-2)21-25-13-22-3;1-2/h5-11H,2,12-13H2,1,3-4H3;1-2H3/b21-19-;. The third-order valence-electron chi connectivity index (χ3n) is 3.46. The Balaban J connectivity index is 0.00000176. The maximum absolute atomic E-state index is 5.90. The Kier molecular flexibility index (Phi) is 10.3. The van der Waals surface area contributed by atoms with Crippen LogP contribution in [-0.4, -0.2) is 33.6 Å². The van der Waals surface area contributed by atoms with Crippen molar-refractivity contribution in [1.82, 2.24) is 0 Å². The van der Waals surface area contributed by atoms with Crippen LogP contribution in [0.5, 0.6) is 11.5 Å². The average Bonchev–Trinajstić information content (AvgIpc) is 2.72. The van der Waals surface area contributed by atoms with Crippen LogP contribution >= 0.6 is 0 Å². The van der Waals surface area contributed by atoms with Gasteiger partial charge in [-0.2, -0.15) is 0 Å². The molecule has 6 nitrogen and oxygen atoms in total. The van der Waals surface area contributed by atoms with E-state index >= 15 is 0 Å². The van der Waals surface area contributed by atoms with Crippen molar-refractivity contribution in [3.63, 3.8) is 0 Å². The van der Waals surface area contributed by atoms with Gasteiger partial charge in [-0.1, -0.05) is 49.3 Å². The number of ether oxygens (including phenoxy) is 3. The molecule has 2 aromatic rings. The lowest BCUT2D eigenvalue weighted by Crippen LogP contribution is -2.05. The number of oxime groups is 1. The van der Waals surface area contributed by atoms with Crippen LogP contribution in [0.3, 0.4) is 0 Å². The van der Waals surface area contributed by atoms with Crippen molar-refractivity contribution in [3.05, 3.63) is 59.2 Å². The van der Waals surface area contributed by atoms with E-state index < -0.39 is 0 Å². The number of rotatable bonds is 8. The number of nitrogens with zero attached hydrogens (tertiary/aromatic N) is 2. The first kappa shape index (κ1) is 22.2. The fraction of sp³-hybridized carbons (Fsp3) is 0.333. The van der Waals surface area contributed by atoms with Crippen molar-refractivity contribution in [2.24, 2.45) is 10.1 Å². The quantitative estimate of drug-likeness (QED) is 0.223. The molecule has 0 saturated heterocycles. The molecule has 0 bridgehead atoms. The van der Waals surface area contributed by atoms with Gasteiger partial charge < -0.3 is 19.0 Å². The van der Waals surface area contributed by atoms with Gasteiger partial charge >= 0.3 is 0 Å². The largest absolute Gasteiger partial charge is 0.493 e. The topological polar surface area (TPSA) is 61.6 Å². The maximum Gasteiger partial charge on any atom is 0.216 e. The third kappa shape index (κ3) is 6.75. The molecule has 0 unspecified atom stereocenters. The normalized spacial score (nSPS) is 10.5. The van der Waals surface area contributed by atoms with Gasteiger partial charge in [-0.25, -0.2) is 4.99 Å². The summed E-state index contributed by atoms with van der Waals surface area (Å²) in [6.45, 7) is 9.96. The van der Waals surface area contributed by atoms with Crippen LogP contribution < -0.4 is 9.47 Å². The van der Waals surface area contributed by atoms with Crippen LogP contribution in [0.4, 0.5) is 0 Å².